The van der Waals surface area contributed by atoms with E-state index in [2.05, 4.69) is 37.5 Å². The van der Waals surface area contributed by atoms with E-state index >= 15 is 0 Å². The number of piperidine rings is 1. The van der Waals surface area contributed by atoms with Crippen LogP contribution in [0.4, 0.5) is 0 Å². The van der Waals surface area contributed by atoms with Crippen molar-refractivity contribution < 1.29 is 8.42 Å². The first-order valence-electron chi connectivity index (χ1n) is 6.36. The fourth-order valence-electron chi connectivity index (χ4n) is 2.27. The largest absolute Gasteiger partial charge is 0.302 e. The van der Waals surface area contributed by atoms with Gasteiger partial charge in [-0.05, 0) is 47.9 Å². The summed E-state index contributed by atoms with van der Waals surface area (Å²) in [6.45, 7) is 4.87. The standard InChI is InChI=1S/C12H18BrN3O2S/c1-2-16-5-3-4-11(9-16)15-19(17,18)12-6-10(13)7-14-8-12/h6-8,11,15H,2-5,9H2,1H3/t11-/m1/s1. The van der Waals surface area contributed by atoms with Crippen molar-refractivity contribution in [3.05, 3.63) is 22.9 Å². The Kier molecular flexibility index (Phi) is 4.94. The molecule has 0 saturated carbocycles. The van der Waals surface area contributed by atoms with E-state index in [9.17, 15) is 8.42 Å². The van der Waals surface area contributed by atoms with Gasteiger partial charge in [-0.15, -0.1) is 0 Å². The summed E-state index contributed by atoms with van der Waals surface area (Å²) in [7, 11) is -3.48. The van der Waals surface area contributed by atoms with Gasteiger partial charge < -0.3 is 4.90 Å². The quantitative estimate of drug-likeness (QED) is 0.898. The first kappa shape index (κ1) is 14.9. The van der Waals surface area contributed by atoms with Crippen molar-refractivity contribution in [2.75, 3.05) is 19.6 Å². The molecule has 7 heteroatoms. The first-order chi connectivity index (χ1) is 9.01. The van der Waals surface area contributed by atoms with E-state index in [1.54, 1.807) is 12.3 Å². The zero-order valence-corrected chi connectivity index (χ0v) is 13.2. The number of halogens is 1. The number of nitrogens with one attached hydrogen (secondary N) is 1. The lowest BCUT2D eigenvalue weighted by Gasteiger charge is -2.32. The molecule has 1 N–H and O–H groups in total. The number of likely N-dealkylation sites (tertiary alicyclic amines) is 1. The van der Waals surface area contributed by atoms with Crippen LogP contribution in [0, 0.1) is 0 Å². The molecular weight excluding hydrogens is 330 g/mol. The van der Waals surface area contributed by atoms with Gasteiger partial charge in [0.15, 0.2) is 0 Å². The molecule has 1 aromatic rings. The molecule has 0 bridgehead atoms. The molecule has 2 heterocycles. The van der Waals surface area contributed by atoms with Crippen molar-refractivity contribution in [2.45, 2.75) is 30.7 Å². The van der Waals surface area contributed by atoms with Crippen LogP contribution in [-0.4, -0.2) is 44.0 Å². The Balaban J connectivity index is 2.09. The van der Waals surface area contributed by atoms with E-state index in [1.807, 2.05) is 0 Å². The Bertz CT molecular complexity index is 536. The molecule has 106 valence electrons. The zero-order chi connectivity index (χ0) is 13.9. The number of pyridine rings is 1. The number of hydrogen-bond acceptors (Lipinski definition) is 4. The van der Waals surface area contributed by atoms with Crippen molar-refractivity contribution in [1.29, 1.82) is 0 Å². The maximum atomic E-state index is 12.3. The third-order valence-electron chi connectivity index (χ3n) is 3.26. The van der Waals surface area contributed by atoms with Gasteiger partial charge in [0.25, 0.3) is 0 Å². The van der Waals surface area contributed by atoms with Crippen LogP contribution in [-0.2, 0) is 10.0 Å². The highest BCUT2D eigenvalue weighted by molar-refractivity contribution is 9.10. The minimum absolute atomic E-state index is 0.0160. The van der Waals surface area contributed by atoms with Gasteiger partial charge in [0.1, 0.15) is 4.90 Å². The predicted octanol–water partition coefficient (Wildman–Crippen LogP) is 1.61. The second-order valence-electron chi connectivity index (χ2n) is 4.69. The summed E-state index contributed by atoms with van der Waals surface area (Å²) >= 11 is 3.24. The molecule has 19 heavy (non-hydrogen) atoms. The van der Waals surface area contributed by atoms with Gasteiger partial charge in [0, 0.05) is 29.5 Å². The molecule has 0 spiro atoms. The van der Waals surface area contributed by atoms with E-state index < -0.39 is 10.0 Å². The van der Waals surface area contributed by atoms with E-state index in [4.69, 9.17) is 0 Å². The summed E-state index contributed by atoms with van der Waals surface area (Å²) < 4.78 is 27.9. The second-order valence-corrected chi connectivity index (χ2v) is 7.32. The Labute approximate surface area is 122 Å². The van der Waals surface area contributed by atoms with Gasteiger partial charge in [0.2, 0.25) is 10.0 Å². The van der Waals surface area contributed by atoms with Gasteiger partial charge >= 0.3 is 0 Å². The van der Waals surface area contributed by atoms with Crippen LogP contribution in [0.25, 0.3) is 0 Å². The summed E-state index contributed by atoms with van der Waals surface area (Å²) in [5.41, 5.74) is 0. The van der Waals surface area contributed by atoms with Crippen LogP contribution < -0.4 is 4.72 Å². The molecule has 1 fully saturated rings. The van der Waals surface area contributed by atoms with Crippen molar-refractivity contribution in [3.8, 4) is 0 Å². The summed E-state index contributed by atoms with van der Waals surface area (Å²) in [4.78, 5) is 6.36. The lowest BCUT2D eigenvalue weighted by molar-refractivity contribution is 0.211. The maximum absolute atomic E-state index is 12.3. The number of sulfonamides is 1. The second kappa shape index (κ2) is 6.30. The van der Waals surface area contributed by atoms with E-state index in [0.717, 1.165) is 32.5 Å². The predicted molar refractivity (Wildman–Crippen MR) is 77.4 cm³/mol. The van der Waals surface area contributed by atoms with Gasteiger partial charge in [-0.1, -0.05) is 6.92 Å². The minimum atomic E-state index is -3.48. The molecule has 0 unspecified atom stereocenters. The van der Waals surface area contributed by atoms with E-state index in [-0.39, 0.29) is 10.9 Å². The molecule has 5 nitrogen and oxygen atoms in total. The highest BCUT2D eigenvalue weighted by Crippen LogP contribution is 2.16. The number of nitrogens with zero attached hydrogens (tertiary/aromatic N) is 2. The van der Waals surface area contributed by atoms with Crippen LogP contribution in [0.5, 0.6) is 0 Å². The smallest absolute Gasteiger partial charge is 0.242 e. The van der Waals surface area contributed by atoms with E-state index in [0.29, 0.717) is 4.47 Å². The van der Waals surface area contributed by atoms with Crippen molar-refractivity contribution in [1.82, 2.24) is 14.6 Å². The fraction of sp³-hybridized carbons (Fsp3) is 0.583. The SMILES string of the molecule is CCN1CCC[C@@H](NS(=O)(=O)c2cncc(Br)c2)C1. The fourth-order valence-corrected chi connectivity index (χ4v) is 4.03. The molecule has 1 aliphatic rings. The van der Waals surface area contributed by atoms with Crippen LogP contribution in [0.15, 0.2) is 27.8 Å². The Morgan fingerprint density at radius 2 is 2.32 bits per heavy atom. The number of rotatable bonds is 4. The highest BCUT2D eigenvalue weighted by Gasteiger charge is 2.24. The monoisotopic (exact) mass is 347 g/mol. The summed E-state index contributed by atoms with van der Waals surface area (Å²) in [5, 5.41) is 0. The van der Waals surface area contributed by atoms with Gasteiger partial charge in [0.05, 0.1) is 0 Å². The van der Waals surface area contributed by atoms with Crippen molar-refractivity contribution >= 4 is 26.0 Å². The van der Waals surface area contributed by atoms with Gasteiger partial charge in [-0.25, -0.2) is 13.1 Å². The number of aromatic nitrogens is 1. The Hall–Kier alpha value is -0.500. The average molecular weight is 348 g/mol. The molecule has 0 amide bonds. The lowest BCUT2D eigenvalue weighted by Crippen LogP contribution is -2.47. The molecule has 2 rings (SSSR count). The Morgan fingerprint density at radius 3 is 3.00 bits per heavy atom. The highest BCUT2D eigenvalue weighted by atomic mass is 79.9. The molecule has 0 radical (unpaired) electrons. The molecule has 1 saturated heterocycles. The summed E-state index contributed by atoms with van der Waals surface area (Å²) in [6.07, 6.45) is 4.85. The summed E-state index contributed by atoms with van der Waals surface area (Å²) in [5.74, 6) is 0. The van der Waals surface area contributed by atoms with Crippen LogP contribution in [0.2, 0.25) is 0 Å². The maximum Gasteiger partial charge on any atom is 0.242 e. The van der Waals surface area contributed by atoms with Crippen molar-refractivity contribution in [3.63, 3.8) is 0 Å². The number of hydrogen-bond donors (Lipinski definition) is 1. The van der Waals surface area contributed by atoms with E-state index in [1.165, 1.54) is 6.20 Å². The average Bonchev–Trinajstić information content (AvgIpc) is 2.38. The van der Waals surface area contributed by atoms with Crippen molar-refractivity contribution in [2.24, 2.45) is 0 Å². The van der Waals surface area contributed by atoms with Gasteiger partial charge in [-0.3, -0.25) is 4.98 Å². The zero-order valence-electron chi connectivity index (χ0n) is 10.8. The normalized spacial score (nSPS) is 21.5. The van der Waals surface area contributed by atoms with Crippen LogP contribution in [0.1, 0.15) is 19.8 Å². The molecular formula is C12H18BrN3O2S. The minimum Gasteiger partial charge on any atom is -0.302 e. The molecule has 1 atom stereocenters. The summed E-state index contributed by atoms with van der Waals surface area (Å²) in [6, 6.07) is 1.55. The third-order valence-corrected chi connectivity index (χ3v) is 5.19. The molecule has 1 aromatic heterocycles. The Morgan fingerprint density at radius 1 is 1.53 bits per heavy atom. The van der Waals surface area contributed by atoms with Crippen LogP contribution in [0.3, 0.4) is 0 Å². The topological polar surface area (TPSA) is 62.3 Å². The molecule has 1 aliphatic heterocycles. The van der Waals surface area contributed by atoms with Gasteiger partial charge in [-0.2, -0.15) is 0 Å². The lowest BCUT2D eigenvalue weighted by atomic mass is 10.1. The first-order valence-corrected chi connectivity index (χ1v) is 8.64. The number of likely N-dealkylation sites (N-methyl/N-ethyl adjacent to an activating group) is 1. The third kappa shape index (κ3) is 3.98. The van der Waals surface area contributed by atoms with Crippen LogP contribution >= 0.6 is 15.9 Å². The molecule has 0 aromatic carbocycles. The molecule has 0 aliphatic carbocycles.